The molecule has 0 bridgehead atoms. The molecule has 1 aromatic carbocycles. The average molecular weight is 341 g/mol. The molecule has 2 N–H and O–H groups in total. The van der Waals surface area contributed by atoms with Crippen LogP contribution in [0.3, 0.4) is 0 Å². The maximum atomic E-state index is 12.2. The Labute approximate surface area is 141 Å². The van der Waals surface area contributed by atoms with Crippen molar-refractivity contribution in [2.75, 3.05) is 19.6 Å². The molecule has 1 atom stereocenters. The van der Waals surface area contributed by atoms with Gasteiger partial charge in [-0.15, -0.1) is 0 Å². The summed E-state index contributed by atoms with van der Waals surface area (Å²) in [6, 6.07) is 5.58. The molecule has 0 radical (unpaired) electrons. The lowest BCUT2D eigenvalue weighted by molar-refractivity contribution is -0.123. The lowest BCUT2D eigenvalue weighted by atomic mass is 9.92. The summed E-state index contributed by atoms with van der Waals surface area (Å²) in [6.45, 7) is 2.82. The van der Waals surface area contributed by atoms with Crippen LogP contribution >= 0.6 is 23.2 Å². The van der Waals surface area contributed by atoms with Gasteiger partial charge in [0.15, 0.2) is 0 Å². The van der Waals surface area contributed by atoms with Crippen LogP contribution in [0.4, 0.5) is 0 Å². The molecule has 3 rings (SSSR count). The summed E-state index contributed by atoms with van der Waals surface area (Å²) in [5.74, 6) is 0.484. The van der Waals surface area contributed by atoms with Crippen molar-refractivity contribution in [2.45, 2.75) is 32.1 Å². The summed E-state index contributed by atoms with van der Waals surface area (Å²) in [4.78, 5) is 12.2. The Morgan fingerprint density at radius 2 is 2.09 bits per heavy atom. The highest BCUT2D eigenvalue weighted by Gasteiger charge is 2.57. The summed E-state index contributed by atoms with van der Waals surface area (Å²) in [6.07, 6.45) is 5.12. The van der Waals surface area contributed by atoms with Gasteiger partial charge < -0.3 is 10.6 Å². The van der Waals surface area contributed by atoms with Gasteiger partial charge >= 0.3 is 0 Å². The van der Waals surface area contributed by atoms with Crippen LogP contribution in [0.1, 0.15) is 31.2 Å². The van der Waals surface area contributed by atoms with Gasteiger partial charge in [0.05, 0.1) is 0 Å². The number of aryl methyl sites for hydroxylation is 1. The molecule has 1 unspecified atom stereocenters. The molecule has 22 heavy (non-hydrogen) atoms. The molecule has 0 aromatic heterocycles. The number of hydrogen-bond acceptors (Lipinski definition) is 2. The van der Waals surface area contributed by atoms with Crippen molar-refractivity contribution in [3.63, 3.8) is 0 Å². The third kappa shape index (κ3) is 3.58. The Balaban J connectivity index is 1.39. The van der Waals surface area contributed by atoms with E-state index in [-0.39, 0.29) is 11.8 Å². The van der Waals surface area contributed by atoms with E-state index < -0.39 is 0 Å². The zero-order valence-corrected chi connectivity index (χ0v) is 14.1. The van der Waals surface area contributed by atoms with Crippen molar-refractivity contribution in [3.05, 3.63) is 33.8 Å². The van der Waals surface area contributed by atoms with Crippen LogP contribution in [0.15, 0.2) is 18.2 Å². The maximum Gasteiger partial charge on any atom is 0.223 e. The Morgan fingerprint density at radius 3 is 2.82 bits per heavy atom. The highest BCUT2D eigenvalue weighted by molar-refractivity contribution is 6.35. The molecule has 1 amide bonds. The van der Waals surface area contributed by atoms with Crippen molar-refractivity contribution in [3.8, 4) is 0 Å². The highest BCUT2D eigenvalue weighted by Crippen LogP contribution is 2.58. The number of carbonyl (C=O) groups is 1. The van der Waals surface area contributed by atoms with Crippen molar-refractivity contribution in [1.82, 2.24) is 10.6 Å². The van der Waals surface area contributed by atoms with Crippen LogP contribution in [-0.2, 0) is 11.2 Å². The van der Waals surface area contributed by atoms with Crippen LogP contribution in [0, 0.1) is 11.3 Å². The van der Waals surface area contributed by atoms with E-state index in [0.29, 0.717) is 22.0 Å². The van der Waals surface area contributed by atoms with Gasteiger partial charge in [-0.2, -0.15) is 0 Å². The Morgan fingerprint density at radius 1 is 1.32 bits per heavy atom. The van der Waals surface area contributed by atoms with Crippen LogP contribution in [0.25, 0.3) is 0 Å². The number of amides is 1. The predicted molar refractivity (Wildman–Crippen MR) is 90.4 cm³/mol. The van der Waals surface area contributed by atoms with Gasteiger partial charge in [0.25, 0.3) is 0 Å². The van der Waals surface area contributed by atoms with Gasteiger partial charge in [-0.25, -0.2) is 0 Å². The van der Waals surface area contributed by atoms with Gasteiger partial charge in [0.2, 0.25) is 5.91 Å². The van der Waals surface area contributed by atoms with Gasteiger partial charge in [-0.1, -0.05) is 29.3 Å². The second-order valence-corrected chi connectivity index (χ2v) is 7.34. The first-order valence-electron chi connectivity index (χ1n) is 8.03. The largest absolute Gasteiger partial charge is 0.356 e. The van der Waals surface area contributed by atoms with E-state index in [9.17, 15) is 4.79 Å². The fraction of sp³-hybridized carbons (Fsp3) is 0.588. The minimum absolute atomic E-state index is 0.240. The SMILES string of the molecule is O=C(NCCCc1ccc(Cl)cc1Cl)C1CC12CCNCC2. The summed E-state index contributed by atoms with van der Waals surface area (Å²) in [5, 5.41) is 7.81. The average Bonchev–Trinajstić information content (AvgIpc) is 3.19. The number of nitrogens with one attached hydrogen (secondary N) is 2. The molecule has 3 nitrogen and oxygen atoms in total. The first kappa shape index (κ1) is 16.1. The normalized spacial score (nSPS) is 22.5. The van der Waals surface area contributed by atoms with E-state index in [0.717, 1.165) is 50.8 Å². The van der Waals surface area contributed by atoms with Crippen molar-refractivity contribution < 1.29 is 4.79 Å². The Bertz CT molecular complexity index is 556. The molecule has 1 saturated carbocycles. The summed E-state index contributed by atoms with van der Waals surface area (Å²) in [5.41, 5.74) is 1.40. The van der Waals surface area contributed by atoms with Gasteiger partial charge in [-0.05, 0) is 68.3 Å². The maximum absolute atomic E-state index is 12.2. The molecule has 1 saturated heterocycles. The first-order valence-corrected chi connectivity index (χ1v) is 8.79. The molecule has 1 aliphatic heterocycles. The third-order valence-electron chi connectivity index (χ3n) is 5.04. The fourth-order valence-corrected chi connectivity index (χ4v) is 4.04. The second-order valence-electron chi connectivity index (χ2n) is 6.50. The monoisotopic (exact) mass is 340 g/mol. The van der Waals surface area contributed by atoms with Crippen molar-refractivity contribution >= 4 is 29.1 Å². The zero-order chi connectivity index (χ0) is 15.6. The quantitative estimate of drug-likeness (QED) is 0.806. The number of hydrogen-bond donors (Lipinski definition) is 2. The van der Waals surface area contributed by atoms with E-state index in [2.05, 4.69) is 10.6 Å². The van der Waals surface area contributed by atoms with E-state index in [4.69, 9.17) is 23.2 Å². The smallest absolute Gasteiger partial charge is 0.223 e. The lowest BCUT2D eigenvalue weighted by Gasteiger charge is -2.23. The minimum Gasteiger partial charge on any atom is -0.356 e. The van der Waals surface area contributed by atoms with E-state index in [1.165, 1.54) is 0 Å². The standard InChI is InChI=1S/C17H22Cl2N2O/c18-13-4-3-12(15(19)10-13)2-1-7-21-16(22)14-11-17(14)5-8-20-9-6-17/h3-4,10,14,20H,1-2,5-9,11H2,(H,21,22). The topological polar surface area (TPSA) is 41.1 Å². The van der Waals surface area contributed by atoms with Crippen LogP contribution < -0.4 is 10.6 Å². The molecule has 2 fully saturated rings. The lowest BCUT2D eigenvalue weighted by Crippen LogP contribution is -2.34. The van der Waals surface area contributed by atoms with Gasteiger partial charge in [0, 0.05) is 22.5 Å². The zero-order valence-electron chi connectivity index (χ0n) is 12.6. The summed E-state index contributed by atoms with van der Waals surface area (Å²) in [7, 11) is 0. The van der Waals surface area contributed by atoms with E-state index in [1.54, 1.807) is 6.07 Å². The van der Waals surface area contributed by atoms with Gasteiger partial charge in [-0.3, -0.25) is 4.79 Å². The van der Waals surface area contributed by atoms with Crippen LogP contribution in [-0.4, -0.2) is 25.5 Å². The van der Waals surface area contributed by atoms with E-state index >= 15 is 0 Å². The van der Waals surface area contributed by atoms with E-state index in [1.807, 2.05) is 12.1 Å². The summed E-state index contributed by atoms with van der Waals surface area (Å²) >= 11 is 12.0. The van der Waals surface area contributed by atoms with Gasteiger partial charge in [0.1, 0.15) is 0 Å². The van der Waals surface area contributed by atoms with Crippen LogP contribution in [0.2, 0.25) is 10.0 Å². The Hall–Kier alpha value is -0.770. The Kier molecular flexibility index (Phi) is 4.96. The molecule has 1 aliphatic carbocycles. The minimum atomic E-state index is 0.240. The number of carbonyl (C=O) groups excluding carboxylic acids is 1. The fourth-order valence-electron chi connectivity index (χ4n) is 3.53. The second kappa shape index (κ2) is 6.77. The number of piperidine rings is 1. The molecule has 1 heterocycles. The third-order valence-corrected chi connectivity index (χ3v) is 5.63. The number of halogens is 2. The van der Waals surface area contributed by atoms with Crippen molar-refractivity contribution in [2.24, 2.45) is 11.3 Å². The molecule has 2 aliphatic rings. The molecular formula is C17H22Cl2N2O. The highest BCUT2D eigenvalue weighted by atomic mass is 35.5. The number of rotatable bonds is 5. The molecule has 5 heteroatoms. The molecule has 120 valence electrons. The molecular weight excluding hydrogens is 319 g/mol. The predicted octanol–water partition coefficient (Wildman–Crippen LogP) is 3.43. The summed E-state index contributed by atoms with van der Waals surface area (Å²) < 4.78 is 0. The molecule has 1 spiro atoms. The van der Waals surface area contributed by atoms with Crippen LogP contribution in [0.5, 0.6) is 0 Å². The van der Waals surface area contributed by atoms with Crippen molar-refractivity contribution in [1.29, 1.82) is 0 Å². The number of benzene rings is 1. The first-order chi connectivity index (χ1) is 10.6. The molecule has 1 aromatic rings.